The first-order chi connectivity index (χ1) is 19.5. The van der Waals surface area contributed by atoms with E-state index in [1.165, 1.54) is 14.1 Å². The van der Waals surface area contributed by atoms with Gasteiger partial charge in [0.2, 0.25) is 0 Å². The van der Waals surface area contributed by atoms with Gasteiger partial charge in [-0.15, -0.1) is 0 Å². The van der Waals surface area contributed by atoms with Gasteiger partial charge in [0.15, 0.2) is 4.32 Å². The third kappa shape index (κ3) is 4.73. The number of carbonyl (C=O) groups is 1. The number of nitriles is 1. The lowest BCUT2D eigenvalue weighted by molar-refractivity contribution is -0.113. The number of pyridine rings is 1. The zero-order valence-corrected chi connectivity index (χ0v) is 25.3. The van der Waals surface area contributed by atoms with Crippen molar-refractivity contribution >= 4 is 51.8 Å². The molecule has 41 heavy (non-hydrogen) atoms. The Kier molecular flexibility index (Phi) is 7.54. The van der Waals surface area contributed by atoms with Crippen molar-refractivity contribution < 1.29 is 9.53 Å². The lowest BCUT2D eigenvalue weighted by Gasteiger charge is -2.38. The summed E-state index contributed by atoms with van der Waals surface area (Å²) in [5, 5.41) is 9.80. The van der Waals surface area contributed by atoms with E-state index in [0.717, 1.165) is 11.8 Å². The van der Waals surface area contributed by atoms with Crippen molar-refractivity contribution in [3.05, 3.63) is 78.3 Å². The van der Waals surface area contributed by atoms with Gasteiger partial charge < -0.3 is 9.64 Å². The van der Waals surface area contributed by atoms with E-state index in [0.29, 0.717) is 46.3 Å². The number of ether oxygens (including phenoxy) is 1. The molecule has 212 valence electrons. The molecule has 2 aromatic heterocycles. The van der Waals surface area contributed by atoms with Gasteiger partial charge >= 0.3 is 0 Å². The van der Waals surface area contributed by atoms with Gasteiger partial charge in [0.25, 0.3) is 17.0 Å². The number of rotatable bonds is 4. The standard InChI is InChI=1S/C29H30N6O4S2/c1-16-14-33(15-17(2)39-16)25-21(18(3)22(13-30)26(36)31(25)5)12-23-27(37)34(29(40)41-23)24-19(4)32(6)35(28(24)38)20-10-8-7-9-11-20/h7-12,16-17H,14-15H2,1-6H3. The van der Waals surface area contributed by atoms with Crippen LogP contribution in [-0.2, 0) is 23.6 Å². The van der Waals surface area contributed by atoms with E-state index in [-0.39, 0.29) is 33.3 Å². The van der Waals surface area contributed by atoms with Crippen LogP contribution in [0.15, 0.2) is 44.8 Å². The predicted octanol–water partition coefficient (Wildman–Crippen LogP) is 3.38. The van der Waals surface area contributed by atoms with Gasteiger partial charge in [-0.05, 0) is 51.5 Å². The van der Waals surface area contributed by atoms with Crippen molar-refractivity contribution in [3.63, 3.8) is 0 Å². The number of aromatic nitrogens is 3. The highest BCUT2D eigenvalue weighted by atomic mass is 32.2. The van der Waals surface area contributed by atoms with Gasteiger partial charge in [-0.3, -0.25) is 28.5 Å². The Morgan fingerprint density at radius 1 is 1.05 bits per heavy atom. The second kappa shape index (κ2) is 10.8. The number of anilines is 2. The molecule has 10 nitrogen and oxygen atoms in total. The summed E-state index contributed by atoms with van der Waals surface area (Å²) in [5.41, 5.74) is 1.73. The monoisotopic (exact) mass is 590 g/mol. The predicted molar refractivity (Wildman–Crippen MR) is 165 cm³/mol. The van der Waals surface area contributed by atoms with Crippen molar-refractivity contribution in [2.45, 2.75) is 39.9 Å². The fourth-order valence-electron chi connectivity index (χ4n) is 5.55. The Morgan fingerprint density at radius 3 is 2.29 bits per heavy atom. The normalized spacial score (nSPS) is 20.3. The summed E-state index contributed by atoms with van der Waals surface area (Å²) in [6, 6.07) is 11.2. The average molecular weight is 591 g/mol. The maximum Gasteiger partial charge on any atom is 0.296 e. The van der Waals surface area contributed by atoms with Crippen molar-refractivity contribution in [3.8, 4) is 11.8 Å². The first-order valence-corrected chi connectivity index (χ1v) is 14.3. The molecule has 0 radical (unpaired) electrons. The van der Waals surface area contributed by atoms with Crippen LogP contribution in [0.5, 0.6) is 0 Å². The molecular formula is C29H30N6O4S2. The molecule has 1 amide bonds. The molecule has 5 rings (SSSR count). The summed E-state index contributed by atoms with van der Waals surface area (Å²) in [7, 11) is 3.39. The molecule has 12 heteroatoms. The quantitative estimate of drug-likeness (QED) is 0.337. The average Bonchev–Trinajstić information content (AvgIpc) is 3.32. The Hall–Kier alpha value is -3.92. The molecule has 0 saturated carbocycles. The zero-order chi connectivity index (χ0) is 29.7. The molecule has 2 saturated heterocycles. The third-order valence-corrected chi connectivity index (χ3v) is 8.81. The van der Waals surface area contributed by atoms with Crippen LogP contribution in [0.25, 0.3) is 11.8 Å². The maximum absolute atomic E-state index is 13.9. The number of nitrogens with zero attached hydrogens (tertiary/aromatic N) is 6. The van der Waals surface area contributed by atoms with Crippen LogP contribution in [0.1, 0.15) is 36.2 Å². The summed E-state index contributed by atoms with van der Waals surface area (Å²) in [4.78, 5) is 44.4. The highest BCUT2D eigenvalue weighted by Gasteiger charge is 2.38. The fourth-order valence-corrected chi connectivity index (χ4v) is 6.80. The minimum atomic E-state index is -0.438. The SMILES string of the molecule is Cc1c(C=C2SC(=S)N(c3c(C)n(C)n(-c4ccccc4)c3=O)C2=O)c(N2CC(C)OC(C)C2)n(C)c(=O)c1C#N. The van der Waals surface area contributed by atoms with Crippen molar-refractivity contribution in [1.29, 1.82) is 5.26 Å². The highest BCUT2D eigenvalue weighted by molar-refractivity contribution is 8.27. The third-order valence-electron chi connectivity index (χ3n) is 7.50. The number of carbonyl (C=O) groups excluding carboxylic acids is 1. The first-order valence-electron chi connectivity index (χ1n) is 13.1. The molecular weight excluding hydrogens is 560 g/mol. The molecule has 2 atom stereocenters. The Balaban J connectivity index is 1.65. The van der Waals surface area contributed by atoms with Crippen LogP contribution in [0.3, 0.4) is 0 Å². The van der Waals surface area contributed by atoms with Crippen LogP contribution in [-0.4, -0.2) is 49.5 Å². The molecule has 0 N–H and O–H groups in total. The lowest BCUT2D eigenvalue weighted by Crippen LogP contribution is -2.47. The second-order valence-electron chi connectivity index (χ2n) is 10.3. The molecule has 2 aliphatic heterocycles. The summed E-state index contributed by atoms with van der Waals surface area (Å²) in [5.74, 6) is 0.161. The van der Waals surface area contributed by atoms with Gasteiger partial charge in [-0.25, -0.2) is 4.68 Å². The molecule has 0 aliphatic carbocycles. The molecule has 1 aromatic carbocycles. The summed E-state index contributed by atoms with van der Waals surface area (Å²) in [6.45, 7) is 8.48. The molecule has 2 aliphatic rings. The zero-order valence-electron chi connectivity index (χ0n) is 23.7. The summed E-state index contributed by atoms with van der Waals surface area (Å²) >= 11 is 6.72. The number of hydrogen-bond donors (Lipinski definition) is 0. The smallest absolute Gasteiger partial charge is 0.296 e. The van der Waals surface area contributed by atoms with Gasteiger partial charge in [-0.2, -0.15) is 5.26 Å². The highest BCUT2D eigenvalue weighted by Crippen LogP contribution is 2.38. The van der Waals surface area contributed by atoms with Crippen LogP contribution >= 0.6 is 24.0 Å². The number of morpholine rings is 1. The second-order valence-corrected chi connectivity index (χ2v) is 12.0. The molecule has 3 aromatic rings. The van der Waals surface area contributed by atoms with E-state index in [2.05, 4.69) is 4.90 Å². The molecule has 0 spiro atoms. The van der Waals surface area contributed by atoms with Crippen LogP contribution in [0, 0.1) is 25.2 Å². The summed E-state index contributed by atoms with van der Waals surface area (Å²) < 4.78 is 10.8. The van der Waals surface area contributed by atoms with E-state index in [1.807, 2.05) is 50.2 Å². The molecule has 0 bridgehead atoms. The van der Waals surface area contributed by atoms with Gasteiger partial charge in [0.1, 0.15) is 23.1 Å². The van der Waals surface area contributed by atoms with Crippen molar-refractivity contribution in [1.82, 2.24) is 13.9 Å². The number of hydrogen-bond acceptors (Lipinski definition) is 8. The number of thiocarbonyl (C=S) groups is 1. The van der Waals surface area contributed by atoms with Crippen LogP contribution in [0.4, 0.5) is 11.5 Å². The Bertz CT molecular complexity index is 1770. The van der Waals surface area contributed by atoms with E-state index >= 15 is 0 Å². The Morgan fingerprint density at radius 2 is 1.68 bits per heavy atom. The largest absolute Gasteiger partial charge is 0.372 e. The van der Waals surface area contributed by atoms with Gasteiger partial charge in [-0.1, -0.05) is 42.2 Å². The number of amides is 1. The maximum atomic E-state index is 13.9. The van der Waals surface area contributed by atoms with E-state index in [4.69, 9.17) is 17.0 Å². The Labute approximate surface area is 247 Å². The van der Waals surface area contributed by atoms with E-state index in [9.17, 15) is 19.6 Å². The van der Waals surface area contributed by atoms with Gasteiger partial charge in [0, 0.05) is 32.7 Å². The topological polar surface area (TPSA) is 106 Å². The number of para-hydroxylation sites is 1. The summed E-state index contributed by atoms with van der Waals surface area (Å²) in [6.07, 6.45) is 1.52. The van der Waals surface area contributed by atoms with E-state index < -0.39 is 11.5 Å². The van der Waals surface area contributed by atoms with Crippen molar-refractivity contribution in [2.24, 2.45) is 14.1 Å². The van der Waals surface area contributed by atoms with E-state index in [1.54, 1.807) is 38.7 Å². The molecule has 2 unspecified atom stereocenters. The minimum absolute atomic E-state index is 0.0111. The van der Waals surface area contributed by atoms with Crippen molar-refractivity contribution in [2.75, 3.05) is 22.9 Å². The van der Waals surface area contributed by atoms with Gasteiger partial charge in [0.05, 0.1) is 28.5 Å². The fraction of sp³-hybridized carbons (Fsp3) is 0.345. The molecule has 4 heterocycles. The number of thioether (sulfide) groups is 1. The van der Waals surface area contributed by atoms with Crippen LogP contribution in [0.2, 0.25) is 0 Å². The lowest BCUT2D eigenvalue weighted by atomic mass is 10.0. The van der Waals surface area contributed by atoms with Crippen LogP contribution < -0.4 is 20.9 Å². The number of benzene rings is 1. The minimum Gasteiger partial charge on any atom is -0.372 e. The first kappa shape index (κ1) is 28.6. The molecule has 2 fully saturated rings.